The minimum Gasteiger partial charge on any atom is -0.497 e. The number of methoxy groups -OCH3 is 2. The van der Waals surface area contributed by atoms with Crippen molar-refractivity contribution < 1.29 is 9.47 Å². The second-order valence-electron chi connectivity index (χ2n) is 5.23. The highest BCUT2D eigenvalue weighted by Gasteiger charge is 2.07. The van der Waals surface area contributed by atoms with Gasteiger partial charge in [-0.3, -0.25) is 9.89 Å². The summed E-state index contributed by atoms with van der Waals surface area (Å²) < 4.78 is 12.1. The molecule has 0 radical (unpaired) electrons. The molecule has 3 aromatic rings. The summed E-state index contributed by atoms with van der Waals surface area (Å²) in [5.41, 5.74) is 1.33. The summed E-state index contributed by atoms with van der Waals surface area (Å²) in [4.78, 5) is 12.7. The zero-order valence-corrected chi connectivity index (χ0v) is 13.6. The molecule has 0 atom stereocenters. The van der Waals surface area contributed by atoms with Crippen molar-refractivity contribution in [2.45, 2.75) is 0 Å². The van der Waals surface area contributed by atoms with Crippen LogP contribution in [-0.4, -0.2) is 24.0 Å². The van der Waals surface area contributed by atoms with Gasteiger partial charge >= 0.3 is 0 Å². The number of ether oxygens (including phenoxy) is 2. The van der Waals surface area contributed by atoms with Gasteiger partial charge in [-0.05, 0) is 36.4 Å². The third-order valence-electron chi connectivity index (χ3n) is 3.76. The van der Waals surface area contributed by atoms with Gasteiger partial charge in [0.15, 0.2) is 0 Å². The van der Waals surface area contributed by atoms with Crippen molar-refractivity contribution >= 4 is 12.7 Å². The Morgan fingerprint density at radius 1 is 1.08 bits per heavy atom. The molecule has 5 nitrogen and oxygen atoms in total. The molecule has 0 aliphatic rings. The van der Waals surface area contributed by atoms with Gasteiger partial charge in [0.1, 0.15) is 11.5 Å². The monoisotopic (exact) mass is 322 g/mol. The van der Waals surface area contributed by atoms with Gasteiger partial charge in [0.25, 0.3) is 5.56 Å². The first-order valence-corrected chi connectivity index (χ1v) is 7.43. The Morgan fingerprint density at radius 2 is 1.83 bits per heavy atom. The molecule has 0 bridgehead atoms. The first-order valence-electron chi connectivity index (χ1n) is 7.43. The minimum atomic E-state index is -0.170. The highest BCUT2D eigenvalue weighted by molar-refractivity contribution is 5.59. The molecule has 0 amide bonds. The number of nitrogens with zero attached hydrogens (tertiary/aromatic N) is 1. The summed E-state index contributed by atoms with van der Waals surface area (Å²) >= 11 is 0. The fourth-order valence-corrected chi connectivity index (χ4v) is 2.51. The number of hydrogen-bond acceptors (Lipinski definition) is 3. The van der Waals surface area contributed by atoms with E-state index < -0.39 is 0 Å². The largest absolute Gasteiger partial charge is 0.497 e. The summed E-state index contributed by atoms with van der Waals surface area (Å²) in [6, 6.07) is 14.8. The number of nitrogens with one attached hydrogen (secondary N) is 1. The number of aromatic amines is 1. The molecule has 1 N–H and O–H groups in total. The van der Waals surface area contributed by atoms with E-state index in [1.54, 1.807) is 32.4 Å². The predicted octanol–water partition coefficient (Wildman–Crippen LogP) is 1.42. The average Bonchev–Trinajstić information content (AvgIpc) is 2.90. The van der Waals surface area contributed by atoms with Crippen molar-refractivity contribution in [3.8, 4) is 17.2 Å². The van der Waals surface area contributed by atoms with Gasteiger partial charge < -0.3 is 9.47 Å². The summed E-state index contributed by atoms with van der Waals surface area (Å²) in [7, 11) is 3.18. The maximum absolute atomic E-state index is 12.7. The molecular formula is C19H18N2O3. The van der Waals surface area contributed by atoms with E-state index in [9.17, 15) is 4.79 Å². The van der Waals surface area contributed by atoms with Crippen LogP contribution in [0.5, 0.6) is 11.5 Å². The van der Waals surface area contributed by atoms with Gasteiger partial charge in [0.2, 0.25) is 0 Å². The fourth-order valence-electron chi connectivity index (χ4n) is 2.51. The normalized spacial score (nSPS) is 11.5. The third-order valence-corrected chi connectivity index (χ3v) is 3.76. The lowest BCUT2D eigenvalue weighted by Crippen LogP contribution is -2.34. The zero-order valence-electron chi connectivity index (χ0n) is 13.6. The highest BCUT2D eigenvalue weighted by Crippen LogP contribution is 2.24. The summed E-state index contributed by atoms with van der Waals surface area (Å²) in [5.74, 6) is 1.34. The third kappa shape index (κ3) is 2.84. The van der Waals surface area contributed by atoms with Gasteiger partial charge in [-0.25, -0.2) is 4.68 Å². The van der Waals surface area contributed by atoms with Crippen molar-refractivity contribution in [2.75, 3.05) is 14.2 Å². The first kappa shape index (κ1) is 15.7. The van der Waals surface area contributed by atoms with Crippen molar-refractivity contribution in [1.82, 2.24) is 9.78 Å². The molecule has 3 rings (SSSR count). The van der Waals surface area contributed by atoms with Crippen LogP contribution >= 0.6 is 0 Å². The Balaban J connectivity index is 2.21. The molecule has 0 saturated heterocycles. The standard InChI is InChI=1S/C19H18N2O3/c1-13-17(12-14-11-16(23-2)9-10-18(14)24-3)19(22)21(20-13)15-7-5-4-6-8-15/h4-12,20H,1H2,2-3H3/b17-12-. The van der Waals surface area contributed by atoms with Gasteiger partial charge in [-0.2, -0.15) is 0 Å². The maximum Gasteiger partial charge on any atom is 0.279 e. The smallest absolute Gasteiger partial charge is 0.279 e. The van der Waals surface area contributed by atoms with Crippen molar-refractivity contribution in [3.63, 3.8) is 0 Å². The summed E-state index contributed by atoms with van der Waals surface area (Å²) in [6.07, 6.45) is 1.75. The summed E-state index contributed by atoms with van der Waals surface area (Å²) in [6.45, 7) is 3.94. The van der Waals surface area contributed by atoms with E-state index in [2.05, 4.69) is 11.7 Å². The lowest BCUT2D eigenvalue weighted by Gasteiger charge is -2.06. The molecule has 1 heterocycles. The van der Waals surface area contributed by atoms with E-state index in [-0.39, 0.29) is 5.56 Å². The molecule has 0 fully saturated rings. The number of aromatic nitrogens is 2. The number of H-pyrrole nitrogens is 1. The molecule has 0 saturated carbocycles. The molecule has 0 aliphatic carbocycles. The van der Waals surface area contributed by atoms with Crippen LogP contribution in [-0.2, 0) is 0 Å². The Bertz CT molecular complexity index is 1020. The molecule has 0 aliphatic heterocycles. The molecule has 24 heavy (non-hydrogen) atoms. The molecule has 2 aromatic carbocycles. The van der Waals surface area contributed by atoms with E-state index in [0.717, 1.165) is 11.3 Å². The Labute approximate surface area is 139 Å². The van der Waals surface area contributed by atoms with E-state index in [0.29, 0.717) is 22.1 Å². The highest BCUT2D eigenvalue weighted by atomic mass is 16.5. The average molecular weight is 322 g/mol. The Morgan fingerprint density at radius 3 is 2.50 bits per heavy atom. The van der Waals surface area contributed by atoms with Crippen molar-refractivity contribution in [2.24, 2.45) is 0 Å². The Kier molecular flexibility index (Phi) is 4.24. The van der Waals surface area contributed by atoms with Crippen molar-refractivity contribution in [3.05, 3.63) is 75.0 Å². The lowest BCUT2D eigenvalue weighted by atomic mass is 10.1. The number of para-hydroxylation sites is 1. The van der Waals surface area contributed by atoms with E-state index in [4.69, 9.17) is 9.47 Å². The number of rotatable bonds is 4. The molecule has 0 unspecified atom stereocenters. The maximum atomic E-state index is 12.7. The quantitative estimate of drug-likeness (QED) is 0.790. The van der Waals surface area contributed by atoms with E-state index in [1.165, 1.54) is 4.68 Å². The van der Waals surface area contributed by atoms with Crippen LogP contribution in [0.25, 0.3) is 18.3 Å². The van der Waals surface area contributed by atoms with Gasteiger partial charge in [0, 0.05) is 5.56 Å². The van der Waals surface area contributed by atoms with Crippen LogP contribution in [0.3, 0.4) is 0 Å². The van der Waals surface area contributed by atoms with Crippen molar-refractivity contribution in [1.29, 1.82) is 0 Å². The van der Waals surface area contributed by atoms with Crippen LogP contribution in [0, 0.1) is 0 Å². The SMILES string of the molecule is C=c1[nH]n(-c2ccccc2)c(=O)/c1=C\c1cc(OC)ccc1OC. The van der Waals surface area contributed by atoms with Gasteiger partial charge in [-0.15, -0.1) is 0 Å². The zero-order chi connectivity index (χ0) is 17.1. The molecule has 5 heteroatoms. The van der Waals surface area contributed by atoms with Gasteiger partial charge in [-0.1, -0.05) is 24.8 Å². The summed E-state index contributed by atoms with van der Waals surface area (Å²) in [5, 5.41) is 4.02. The number of benzene rings is 2. The topological polar surface area (TPSA) is 56.2 Å². The van der Waals surface area contributed by atoms with Crippen LogP contribution in [0.1, 0.15) is 5.56 Å². The van der Waals surface area contributed by atoms with E-state index in [1.807, 2.05) is 36.4 Å². The second-order valence-corrected chi connectivity index (χ2v) is 5.23. The van der Waals surface area contributed by atoms with Gasteiger partial charge in [0.05, 0.1) is 30.5 Å². The van der Waals surface area contributed by atoms with Crippen LogP contribution in [0.4, 0.5) is 0 Å². The van der Waals surface area contributed by atoms with Crippen LogP contribution in [0.2, 0.25) is 0 Å². The molecule has 122 valence electrons. The lowest BCUT2D eigenvalue weighted by molar-refractivity contribution is 0.402. The molecule has 1 aromatic heterocycles. The first-order chi connectivity index (χ1) is 11.6. The minimum absolute atomic E-state index is 0.170. The van der Waals surface area contributed by atoms with Crippen LogP contribution in [0.15, 0.2) is 53.3 Å². The fraction of sp³-hybridized carbons (Fsp3) is 0.105. The van der Waals surface area contributed by atoms with Crippen LogP contribution < -0.4 is 25.6 Å². The van der Waals surface area contributed by atoms with E-state index >= 15 is 0 Å². The number of hydrogen-bond donors (Lipinski definition) is 1. The molecular weight excluding hydrogens is 304 g/mol. The predicted molar refractivity (Wildman–Crippen MR) is 94.3 cm³/mol. The second kappa shape index (κ2) is 6.50. The Hall–Kier alpha value is -3.21. The molecule has 0 spiro atoms.